The van der Waals surface area contributed by atoms with Crippen molar-refractivity contribution in [1.29, 1.82) is 0 Å². The first-order valence-electron chi connectivity index (χ1n) is 6.87. The van der Waals surface area contributed by atoms with Gasteiger partial charge in [0.25, 0.3) is 0 Å². The van der Waals surface area contributed by atoms with Gasteiger partial charge in [0, 0.05) is 0 Å². The summed E-state index contributed by atoms with van der Waals surface area (Å²) in [6.45, 7) is 4.47. The number of hydrogen-bond donors (Lipinski definition) is 0. The van der Waals surface area contributed by atoms with Gasteiger partial charge in [-0.1, -0.05) is 48.5 Å². The van der Waals surface area contributed by atoms with E-state index in [1.807, 2.05) is 0 Å². The van der Waals surface area contributed by atoms with Gasteiger partial charge in [-0.3, -0.25) is 0 Å². The zero-order chi connectivity index (χ0) is 13.0. The second-order valence-corrected chi connectivity index (χ2v) is 5.52. The van der Waals surface area contributed by atoms with Crippen LogP contribution in [-0.4, -0.2) is 0 Å². The average Bonchev–Trinajstić information content (AvgIpc) is 2.82. The number of hydrogen-bond acceptors (Lipinski definition) is 0. The lowest BCUT2D eigenvalue weighted by atomic mass is 9.91. The fraction of sp³-hybridized carbons (Fsp3) is 0.158. The lowest BCUT2D eigenvalue weighted by Crippen LogP contribution is -1.91. The third-order valence-electron chi connectivity index (χ3n) is 4.36. The van der Waals surface area contributed by atoms with Crippen molar-refractivity contribution >= 4 is 27.1 Å². The summed E-state index contributed by atoms with van der Waals surface area (Å²) in [6, 6.07) is 15.6. The molecule has 0 aliphatic heterocycles. The molecule has 0 bridgehead atoms. The summed E-state index contributed by atoms with van der Waals surface area (Å²) >= 11 is 0. The van der Waals surface area contributed by atoms with Crippen molar-refractivity contribution in [2.45, 2.75) is 20.3 Å². The van der Waals surface area contributed by atoms with Crippen LogP contribution >= 0.6 is 0 Å². The number of fused-ring (bicyclic) bond motifs is 5. The molecule has 92 valence electrons. The minimum Gasteiger partial charge on any atom is -0.0765 e. The molecule has 0 saturated carbocycles. The van der Waals surface area contributed by atoms with Crippen LogP contribution in [0.2, 0.25) is 0 Å². The molecule has 0 spiro atoms. The van der Waals surface area contributed by atoms with Gasteiger partial charge in [-0.15, -0.1) is 0 Å². The maximum Gasteiger partial charge on any atom is -0.00792 e. The summed E-state index contributed by atoms with van der Waals surface area (Å²) in [7, 11) is 0. The molecule has 0 amide bonds. The van der Waals surface area contributed by atoms with Crippen LogP contribution in [0.15, 0.2) is 48.5 Å². The van der Waals surface area contributed by atoms with Crippen molar-refractivity contribution in [3.63, 3.8) is 0 Å². The molecule has 0 aromatic heterocycles. The molecule has 19 heavy (non-hydrogen) atoms. The molecule has 0 heterocycles. The minimum absolute atomic E-state index is 1.08. The van der Waals surface area contributed by atoms with Crippen molar-refractivity contribution in [3.8, 4) is 0 Å². The zero-order valence-electron chi connectivity index (χ0n) is 11.3. The van der Waals surface area contributed by atoms with E-state index in [4.69, 9.17) is 0 Å². The third-order valence-corrected chi connectivity index (χ3v) is 4.36. The molecule has 4 rings (SSSR count). The van der Waals surface area contributed by atoms with Gasteiger partial charge in [-0.05, 0) is 64.1 Å². The van der Waals surface area contributed by atoms with Crippen molar-refractivity contribution < 1.29 is 0 Å². The van der Waals surface area contributed by atoms with Crippen LogP contribution in [0.5, 0.6) is 0 Å². The largest absolute Gasteiger partial charge is 0.0765 e. The quantitative estimate of drug-likeness (QED) is 0.473. The van der Waals surface area contributed by atoms with E-state index >= 15 is 0 Å². The Bertz CT molecular complexity index is 851. The first-order chi connectivity index (χ1) is 9.25. The lowest BCUT2D eigenvalue weighted by Gasteiger charge is -2.13. The molecule has 0 saturated heterocycles. The molecule has 3 aromatic carbocycles. The maximum absolute atomic E-state index is 2.36. The van der Waals surface area contributed by atoms with Crippen LogP contribution in [0.3, 0.4) is 0 Å². The normalized spacial score (nSPS) is 13.9. The highest BCUT2D eigenvalue weighted by Gasteiger charge is 2.17. The molecule has 3 aromatic rings. The van der Waals surface area contributed by atoms with E-state index in [2.05, 4.69) is 62.4 Å². The summed E-state index contributed by atoms with van der Waals surface area (Å²) < 4.78 is 0. The molecular weight excluding hydrogens is 228 g/mol. The topological polar surface area (TPSA) is 0 Å². The SMILES string of the molecule is CC1=CCc2c1c(C)cc1c2ccc2ccccc21. The van der Waals surface area contributed by atoms with E-state index in [-0.39, 0.29) is 0 Å². The van der Waals surface area contributed by atoms with Crippen molar-refractivity contribution in [2.75, 3.05) is 0 Å². The first kappa shape index (κ1) is 10.8. The van der Waals surface area contributed by atoms with Crippen molar-refractivity contribution in [1.82, 2.24) is 0 Å². The number of aryl methyl sites for hydroxylation is 1. The zero-order valence-corrected chi connectivity index (χ0v) is 11.3. The Morgan fingerprint density at radius 1 is 0.842 bits per heavy atom. The molecule has 1 aliphatic rings. The molecule has 0 heteroatoms. The lowest BCUT2D eigenvalue weighted by molar-refractivity contribution is 1.32. The molecule has 0 radical (unpaired) electrons. The first-order valence-corrected chi connectivity index (χ1v) is 6.87. The predicted octanol–water partition coefficient (Wildman–Crippen LogP) is 5.26. The Balaban J connectivity index is 2.22. The highest BCUT2D eigenvalue weighted by atomic mass is 14.2. The highest BCUT2D eigenvalue weighted by molar-refractivity contribution is 6.10. The molecule has 1 aliphatic carbocycles. The fourth-order valence-electron chi connectivity index (χ4n) is 3.49. The molecular formula is C19H16. The van der Waals surface area contributed by atoms with Gasteiger partial charge in [0.2, 0.25) is 0 Å². The van der Waals surface area contributed by atoms with Gasteiger partial charge >= 0.3 is 0 Å². The summed E-state index contributed by atoms with van der Waals surface area (Å²) in [4.78, 5) is 0. The van der Waals surface area contributed by atoms with Crippen LogP contribution < -0.4 is 0 Å². The van der Waals surface area contributed by atoms with Gasteiger partial charge in [0.05, 0.1) is 0 Å². The van der Waals surface area contributed by atoms with Gasteiger partial charge in [-0.25, -0.2) is 0 Å². The Morgan fingerprint density at radius 2 is 1.68 bits per heavy atom. The average molecular weight is 244 g/mol. The van der Waals surface area contributed by atoms with Crippen molar-refractivity contribution in [3.05, 3.63) is 65.2 Å². The van der Waals surface area contributed by atoms with E-state index < -0.39 is 0 Å². The van der Waals surface area contributed by atoms with E-state index in [1.54, 1.807) is 0 Å². The summed E-state index contributed by atoms with van der Waals surface area (Å²) in [6.07, 6.45) is 3.43. The summed E-state index contributed by atoms with van der Waals surface area (Å²) in [5.41, 5.74) is 5.83. The minimum atomic E-state index is 1.08. The Labute approximate surface area is 113 Å². The van der Waals surface area contributed by atoms with E-state index in [0.29, 0.717) is 0 Å². The van der Waals surface area contributed by atoms with Gasteiger partial charge in [-0.2, -0.15) is 0 Å². The maximum atomic E-state index is 2.36. The number of rotatable bonds is 0. The van der Waals surface area contributed by atoms with Gasteiger partial charge in [0.1, 0.15) is 0 Å². The predicted molar refractivity (Wildman–Crippen MR) is 83.5 cm³/mol. The van der Waals surface area contributed by atoms with Crippen LogP contribution in [0.25, 0.3) is 27.1 Å². The summed E-state index contributed by atoms with van der Waals surface area (Å²) in [5, 5.41) is 5.53. The third kappa shape index (κ3) is 1.40. The summed E-state index contributed by atoms with van der Waals surface area (Å²) in [5.74, 6) is 0. The van der Waals surface area contributed by atoms with Crippen LogP contribution in [-0.2, 0) is 6.42 Å². The smallest absolute Gasteiger partial charge is 0.00792 e. The second-order valence-electron chi connectivity index (χ2n) is 5.52. The van der Waals surface area contributed by atoms with Gasteiger partial charge < -0.3 is 0 Å². The fourth-order valence-corrected chi connectivity index (χ4v) is 3.49. The van der Waals surface area contributed by atoms with Gasteiger partial charge in [0.15, 0.2) is 0 Å². The van der Waals surface area contributed by atoms with E-state index in [1.165, 1.54) is 43.8 Å². The molecule has 0 unspecified atom stereocenters. The molecule has 0 fully saturated rings. The van der Waals surface area contributed by atoms with E-state index in [0.717, 1.165) is 6.42 Å². The monoisotopic (exact) mass is 244 g/mol. The number of allylic oxidation sites excluding steroid dienone is 2. The van der Waals surface area contributed by atoms with Crippen LogP contribution in [0, 0.1) is 6.92 Å². The van der Waals surface area contributed by atoms with Crippen LogP contribution in [0.4, 0.5) is 0 Å². The molecule has 0 atom stereocenters. The Kier molecular flexibility index (Phi) is 2.11. The highest BCUT2D eigenvalue weighted by Crippen LogP contribution is 2.38. The van der Waals surface area contributed by atoms with E-state index in [9.17, 15) is 0 Å². The molecule has 0 N–H and O–H groups in total. The standard InChI is InChI=1S/C19H16/c1-12-7-9-17-16-10-8-14-5-3-4-6-15(14)18(16)11-13(2)19(12)17/h3-8,10-11H,9H2,1-2H3. The molecule has 0 nitrogen and oxygen atoms in total. The van der Waals surface area contributed by atoms with Crippen molar-refractivity contribution in [2.24, 2.45) is 0 Å². The Hall–Kier alpha value is -2.08. The Morgan fingerprint density at radius 3 is 2.58 bits per heavy atom. The van der Waals surface area contributed by atoms with Crippen LogP contribution in [0.1, 0.15) is 23.6 Å². The second kappa shape index (κ2) is 3.71. The number of benzene rings is 3.